The molecule has 106 valence electrons. The first kappa shape index (κ1) is 15.3. The highest BCUT2D eigenvalue weighted by Crippen LogP contribution is 2.23. The largest absolute Gasteiger partial charge is 0.372 e. The van der Waals surface area contributed by atoms with E-state index in [2.05, 4.69) is 26.2 Å². The molecule has 0 unspecified atom stereocenters. The average Bonchev–Trinajstić information content (AvgIpc) is 2.83. The van der Waals surface area contributed by atoms with Crippen LogP contribution in [-0.4, -0.2) is 29.9 Å². The lowest BCUT2D eigenvalue weighted by atomic mass is 10.2. The van der Waals surface area contributed by atoms with E-state index in [0.717, 1.165) is 9.35 Å². The molecule has 0 aliphatic carbocycles. The van der Waals surface area contributed by atoms with Gasteiger partial charge in [-0.1, -0.05) is 11.6 Å². The summed E-state index contributed by atoms with van der Waals surface area (Å²) in [5, 5.41) is 5.29. The van der Waals surface area contributed by atoms with Crippen molar-refractivity contribution in [2.75, 3.05) is 19.4 Å². The Morgan fingerprint density at radius 2 is 2.30 bits per heavy atom. The molecule has 0 spiro atoms. The molecule has 2 aromatic rings. The number of hydrogen-bond donors (Lipinski definition) is 1. The van der Waals surface area contributed by atoms with Crippen LogP contribution in [0.3, 0.4) is 0 Å². The van der Waals surface area contributed by atoms with Crippen LogP contribution in [0.5, 0.6) is 0 Å². The van der Waals surface area contributed by atoms with Gasteiger partial charge in [0.25, 0.3) is 5.91 Å². The second-order valence-electron chi connectivity index (χ2n) is 4.20. The Balaban J connectivity index is 2.12. The number of nitrogens with zero attached hydrogens (tertiary/aromatic N) is 2. The molecule has 0 aliphatic heterocycles. The summed E-state index contributed by atoms with van der Waals surface area (Å²) in [6, 6.07) is 3.63. The highest BCUT2D eigenvalue weighted by atomic mass is 79.9. The molecule has 0 aromatic carbocycles. The molecule has 0 saturated carbocycles. The van der Waals surface area contributed by atoms with Gasteiger partial charge in [0.1, 0.15) is 5.82 Å². The summed E-state index contributed by atoms with van der Waals surface area (Å²) in [6.45, 7) is 0.556. The minimum Gasteiger partial charge on any atom is -0.372 e. The summed E-state index contributed by atoms with van der Waals surface area (Å²) in [4.78, 5) is 19.2. The van der Waals surface area contributed by atoms with Crippen molar-refractivity contribution in [3.63, 3.8) is 0 Å². The number of carbonyl (C=O) groups is 1. The summed E-state index contributed by atoms with van der Waals surface area (Å²) >= 11 is 11.1. The molecule has 1 amide bonds. The first-order valence-electron chi connectivity index (χ1n) is 5.83. The van der Waals surface area contributed by atoms with E-state index in [1.165, 1.54) is 6.20 Å². The summed E-state index contributed by atoms with van der Waals surface area (Å²) in [5.41, 5.74) is 0.479. The van der Waals surface area contributed by atoms with Gasteiger partial charge in [0.2, 0.25) is 0 Å². The van der Waals surface area contributed by atoms with Crippen LogP contribution in [0.15, 0.2) is 28.2 Å². The highest BCUT2D eigenvalue weighted by molar-refractivity contribution is 9.10. The fraction of sp³-hybridized carbons (Fsp3) is 0.231. The van der Waals surface area contributed by atoms with Crippen molar-refractivity contribution < 1.29 is 4.79 Å². The van der Waals surface area contributed by atoms with E-state index < -0.39 is 0 Å². The molecule has 0 fully saturated rings. The monoisotopic (exact) mass is 373 g/mol. The van der Waals surface area contributed by atoms with Crippen LogP contribution in [0.1, 0.15) is 15.2 Å². The first-order valence-corrected chi connectivity index (χ1v) is 7.88. The lowest BCUT2D eigenvalue weighted by molar-refractivity contribution is 0.0786. The second-order valence-corrected chi connectivity index (χ2v) is 6.52. The van der Waals surface area contributed by atoms with Crippen molar-refractivity contribution >= 4 is 50.6 Å². The van der Waals surface area contributed by atoms with Gasteiger partial charge in [-0.05, 0) is 28.1 Å². The van der Waals surface area contributed by atoms with Crippen LogP contribution in [0.2, 0.25) is 5.02 Å². The Bertz CT molecular complexity index is 632. The molecule has 0 bridgehead atoms. The zero-order chi connectivity index (χ0) is 14.7. The van der Waals surface area contributed by atoms with Gasteiger partial charge in [0, 0.05) is 35.0 Å². The maximum Gasteiger partial charge on any atom is 0.255 e. The fourth-order valence-electron chi connectivity index (χ4n) is 1.70. The van der Waals surface area contributed by atoms with Crippen molar-refractivity contribution in [1.82, 2.24) is 9.88 Å². The molecule has 0 atom stereocenters. The minimum atomic E-state index is -0.105. The Labute approximate surface area is 134 Å². The topological polar surface area (TPSA) is 45.2 Å². The van der Waals surface area contributed by atoms with Crippen molar-refractivity contribution in [3.05, 3.63) is 43.6 Å². The molecule has 7 heteroatoms. The maximum absolute atomic E-state index is 12.3. The van der Waals surface area contributed by atoms with Gasteiger partial charge in [0.05, 0.1) is 17.1 Å². The SMILES string of the molecule is CNc1ncc(C(=O)N(C)Cc2cc(Br)cs2)cc1Cl. The third kappa shape index (κ3) is 3.50. The van der Waals surface area contributed by atoms with Gasteiger partial charge in [-0.25, -0.2) is 4.98 Å². The summed E-state index contributed by atoms with van der Waals surface area (Å²) in [7, 11) is 3.49. The quantitative estimate of drug-likeness (QED) is 0.883. The highest BCUT2D eigenvalue weighted by Gasteiger charge is 2.15. The van der Waals surface area contributed by atoms with Gasteiger partial charge in [-0.15, -0.1) is 11.3 Å². The standard InChI is InChI=1S/C13H13BrClN3OS/c1-16-12-11(15)3-8(5-17-12)13(19)18(2)6-10-4-9(14)7-20-10/h3-5,7H,6H2,1-2H3,(H,16,17). The Hall–Kier alpha value is -1.11. The minimum absolute atomic E-state index is 0.105. The Morgan fingerprint density at radius 1 is 1.55 bits per heavy atom. The van der Waals surface area contributed by atoms with Crippen molar-refractivity contribution in [3.8, 4) is 0 Å². The van der Waals surface area contributed by atoms with Crippen LogP contribution in [0.25, 0.3) is 0 Å². The number of anilines is 1. The van der Waals surface area contributed by atoms with E-state index in [9.17, 15) is 4.79 Å². The molecule has 2 aromatic heterocycles. The number of carbonyl (C=O) groups excluding carboxylic acids is 1. The van der Waals surface area contributed by atoms with Crippen molar-refractivity contribution in [2.45, 2.75) is 6.54 Å². The van der Waals surface area contributed by atoms with Crippen LogP contribution < -0.4 is 5.32 Å². The van der Waals surface area contributed by atoms with E-state index in [-0.39, 0.29) is 5.91 Å². The van der Waals surface area contributed by atoms with Gasteiger partial charge < -0.3 is 10.2 Å². The second kappa shape index (κ2) is 6.56. The third-order valence-corrected chi connectivity index (χ3v) is 4.66. The first-order chi connectivity index (χ1) is 9.51. The third-order valence-electron chi connectivity index (χ3n) is 2.69. The van der Waals surface area contributed by atoms with E-state index >= 15 is 0 Å². The lowest BCUT2D eigenvalue weighted by Gasteiger charge is -2.16. The van der Waals surface area contributed by atoms with E-state index in [1.54, 1.807) is 36.4 Å². The fourth-order valence-corrected chi connectivity index (χ4v) is 3.47. The smallest absolute Gasteiger partial charge is 0.255 e. The van der Waals surface area contributed by atoms with Crippen LogP contribution >= 0.6 is 38.9 Å². The number of hydrogen-bond acceptors (Lipinski definition) is 4. The number of halogens is 2. The number of aromatic nitrogens is 1. The zero-order valence-corrected chi connectivity index (χ0v) is 14.1. The summed E-state index contributed by atoms with van der Waals surface area (Å²) < 4.78 is 1.03. The summed E-state index contributed by atoms with van der Waals surface area (Å²) in [5.74, 6) is 0.458. The molecular formula is C13H13BrClN3OS. The van der Waals surface area contributed by atoms with E-state index in [4.69, 9.17) is 11.6 Å². The predicted octanol–water partition coefficient (Wildman–Crippen LogP) is 3.87. The van der Waals surface area contributed by atoms with E-state index in [1.807, 2.05) is 11.4 Å². The number of nitrogens with one attached hydrogen (secondary N) is 1. The maximum atomic E-state index is 12.3. The molecule has 0 aliphatic rings. The van der Waals surface area contributed by atoms with Crippen LogP contribution in [0.4, 0.5) is 5.82 Å². The molecule has 2 heterocycles. The van der Waals surface area contributed by atoms with Crippen molar-refractivity contribution in [1.29, 1.82) is 0 Å². The molecule has 2 rings (SSSR count). The van der Waals surface area contributed by atoms with E-state index in [0.29, 0.717) is 22.9 Å². The number of pyridine rings is 1. The molecule has 20 heavy (non-hydrogen) atoms. The molecule has 0 saturated heterocycles. The molecule has 4 nitrogen and oxygen atoms in total. The average molecular weight is 375 g/mol. The van der Waals surface area contributed by atoms with Gasteiger partial charge in [-0.3, -0.25) is 4.79 Å². The van der Waals surface area contributed by atoms with Gasteiger partial charge in [0.15, 0.2) is 0 Å². The molecule has 1 N–H and O–H groups in total. The van der Waals surface area contributed by atoms with Gasteiger partial charge in [-0.2, -0.15) is 0 Å². The zero-order valence-electron chi connectivity index (χ0n) is 11.0. The predicted molar refractivity (Wildman–Crippen MR) is 86.6 cm³/mol. The number of rotatable bonds is 4. The Kier molecular flexibility index (Phi) is 5.01. The van der Waals surface area contributed by atoms with Crippen LogP contribution in [-0.2, 0) is 6.54 Å². The van der Waals surface area contributed by atoms with Crippen molar-refractivity contribution in [2.24, 2.45) is 0 Å². The number of thiophene rings is 1. The van der Waals surface area contributed by atoms with Gasteiger partial charge >= 0.3 is 0 Å². The Morgan fingerprint density at radius 3 is 2.85 bits per heavy atom. The molecule has 0 radical (unpaired) electrons. The number of amides is 1. The van der Waals surface area contributed by atoms with Crippen LogP contribution in [0, 0.1) is 0 Å². The molecular weight excluding hydrogens is 362 g/mol. The normalized spacial score (nSPS) is 10.4. The summed E-state index contributed by atoms with van der Waals surface area (Å²) in [6.07, 6.45) is 1.53. The lowest BCUT2D eigenvalue weighted by Crippen LogP contribution is -2.26.